The zero-order valence-corrected chi connectivity index (χ0v) is 18.7. The summed E-state index contributed by atoms with van der Waals surface area (Å²) in [5.41, 5.74) is 2.74. The molecule has 2 amide bonds. The molecular weight excluding hydrogens is 396 g/mol. The van der Waals surface area contributed by atoms with Gasteiger partial charge in [-0.2, -0.15) is 0 Å². The first-order chi connectivity index (χ1) is 14.5. The molecule has 0 spiro atoms. The Hall–Kier alpha value is -2.22. The van der Waals surface area contributed by atoms with Gasteiger partial charge in [0.25, 0.3) is 0 Å². The van der Waals surface area contributed by atoms with Crippen molar-refractivity contribution in [1.82, 2.24) is 15.1 Å². The summed E-state index contributed by atoms with van der Waals surface area (Å²) in [5, 5.41) is 5.92. The SMILES string of the molecule is C[C@@H](CN1CCN(C)CC1)NC(=O)Nc1cccc(C[S@](=O)Cc2ccccc2)c1. The van der Waals surface area contributed by atoms with Crippen LogP contribution in [0.5, 0.6) is 0 Å². The molecule has 6 nitrogen and oxygen atoms in total. The van der Waals surface area contributed by atoms with Gasteiger partial charge in [-0.15, -0.1) is 0 Å². The molecule has 1 saturated heterocycles. The number of urea groups is 1. The molecule has 1 aliphatic heterocycles. The van der Waals surface area contributed by atoms with Crippen LogP contribution < -0.4 is 10.6 Å². The summed E-state index contributed by atoms with van der Waals surface area (Å²) in [6.07, 6.45) is 0. The van der Waals surface area contributed by atoms with E-state index in [1.165, 1.54) is 0 Å². The largest absolute Gasteiger partial charge is 0.334 e. The van der Waals surface area contributed by atoms with E-state index in [2.05, 4.69) is 27.5 Å². The number of amides is 2. The summed E-state index contributed by atoms with van der Waals surface area (Å²) >= 11 is 0. The van der Waals surface area contributed by atoms with Crippen LogP contribution in [0.1, 0.15) is 18.1 Å². The minimum absolute atomic E-state index is 0.0648. The first-order valence-electron chi connectivity index (χ1n) is 10.4. The fraction of sp³-hybridized carbons (Fsp3) is 0.435. The molecule has 0 unspecified atom stereocenters. The molecule has 7 heteroatoms. The van der Waals surface area contributed by atoms with Crippen molar-refractivity contribution in [3.05, 3.63) is 65.7 Å². The molecule has 0 bridgehead atoms. The lowest BCUT2D eigenvalue weighted by molar-refractivity contribution is 0.145. The Balaban J connectivity index is 1.45. The number of rotatable bonds is 8. The quantitative estimate of drug-likeness (QED) is 0.679. The summed E-state index contributed by atoms with van der Waals surface area (Å²) < 4.78 is 12.5. The Bertz CT molecular complexity index is 838. The molecule has 2 aromatic carbocycles. The topological polar surface area (TPSA) is 64.7 Å². The van der Waals surface area contributed by atoms with Crippen LogP contribution in [-0.2, 0) is 22.3 Å². The highest BCUT2D eigenvalue weighted by Crippen LogP contribution is 2.14. The molecule has 1 aliphatic rings. The van der Waals surface area contributed by atoms with Gasteiger partial charge in [0.2, 0.25) is 0 Å². The number of piperazine rings is 1. The van der Waals surface area contributed by atoms with Crippen LogP contribution in [0.25, 0.3) is 0 Å². The molecule has 2 N–H and O–H groups in total. The molecule has 1 fully saturated rings. The van der Waals surface area contributed by atoms with E-state index in [1.54, 1.807) is 0 Å². The van der Waals surface area contributed by atoms with Crippen molar-refractivity contribution >= 4 is 22.5 Å². The Morgan fingerprint density at radius 2 is 1.67 bits per heavy atom. The van der Waals surface area contributed by atoms with E-state index in [4.69, 9.17) is 0 Å². The molecule has 1 heterocycles. The number of anilines is 1. The summed E-state index contributed by atoms with van der Waals surface area (Å²) in [7, 11) is 1.14. The molecule has 30 heavy (non-hydrogen) atoms. The van der Waals surface area contributed by atoms with Crippen LogP contribution in [0.4, 0.5) is 10.5 Å². The van der Waals surface area contributed by atoms with Crippen LogP contribution in [0.15, 0.2) is 54.6 Å². The number of hydrogen-bond acceptors (Lipinski definition) is 4. The number of nitrogens with one attached hydrogen (secondary N) is 2. The average molecular weight is 429 g/mol. The van der Waals surface area contributed by atoms with Gasteiger partial charge < -0.3 is 15.5 Å². The third-order valence-corrected chi connectivity index (χ3v) is 6.50. The van der Waals surface area contributed by atoms with E-state index < -0.39 is 10.8 Å². The van der Waals surface area contributed by atoms with Gasteiger partial charge in [0.05, 0.1) is 0 Å². The molecule has 0 aromatic heterocycles. The van der Waals surface area contributed by atoms with Crippen LogP contribution in [0, 0.1) is 0 Å². The van der Waals surface area contributed by atoms with Gasteiger partial charge in [0.15, 0.2) is 0 Å². The summed E-state index contributed by atoms with van der Waals surface area (Å²) in [4.78, 5) is 17.1. The van der Waals surface area contributed by atoms with Crippen molar-refractivity contribution in [2.75, 3.05) is 45.1 Å². The highest BCUT2D eigenvalue weighted by atomic mass is 32.2. The predicted molar refractivity (Wildman–Crippen MR) is 124 cm³/mol. The summed E-state index contributed by atoms with van der Waals surface area (Å²) in [5.74, 6) is 0.995. The van der Waals surface area contributed by atoms with E-state index in [-0.39, 0.29) is 12.1 Å². The summed E-state index contributed by atoms with van der Waals surface area (Å²) in [6.45, 7) is 7.08. The van der Waals surface area contributed by atoms with E-state index in [1.807, 2.05) is 61.5 Å². The molecule has 2 atom stereocenters. The van der Waals surface area contributed by atoms with Crippen molar-refractivity contribution in [3.8, 4) is 0 Å². The molecule has 3 rings (SSSR count). The molecule has 0 radical (unpaired) electrons. The lowest BCUT2D eigenvalue weighted by Gasteiger charge is -2.34. The van der Waals surface area contributed by atoms with Crippen molar-refractivity contribution in [3.63, 3.8) is 0 Å². The van der Waals surface area contributed by atoms with E-state index in [0.717, 1.165) is 43.9 Å². The molecule has 2 aromatic rings. The zero-order chi connectivity index (χ0) is 21.3. The minimum Gasteiger partial charge on any atom is -0.334 e. The molecular formula is C23H32N4O2S. The number of hydrogen-bond donors (Lipinski definition) is 2. The predicted octanol–water partition coefficient (Wildman–Crippen LogP) is 2.89. The van der Waals surface area contributed by atoms with Crippen LogP contribution in [-0.4, -0.2) is 65.9 Å². The monoisotopic (exact) mass is 428 g/mol. The van der Waals surface area contributed by atoms with Crippen molar-refractivity contribution in [2.24, 2.45) is 0 Å². The maximum atomic E-state index is 12.5. The standard InChI is InChI=1S/C23H32N4O2S/c1-19(16-27-13-11-26(2)12-14-27)24-23(28)25-22-10-6-9-21(15-22)18-30(29)17-20-7-4-3-5-8-20/h3-10,15,19H,11-14,16-18H2,1-2H3,(H2,24,25,28)/t19-,30+/m0/s1. The second kappa shape index (κ2) is 11.2. The van der Waals surface area contributed by atoms with Crippen LogP contribution >= 0.6 is 0 Å². The van der Waals surface area contributed by atoms with Gasteiger partial charge in [-0.1, -0.05) is 42.5 Å². The molecule has 0 saturated carbocycles. The normalized spacial score (nSPS) is 17.3. The first kappa shape index (κ1) is 22.5. The lowest BCUT2D eigenvalue weighted by Crippen LogP contribution is -2.50. The Morgan fingerprint density at radius 1 is 1.00 bits per heavy atom. The number of likely N-dealkylation sites (N-methyl/N-ethyl adjacent to an activating group) is 1. The number of carbonyl (C=O) groups is 1. The van der Waals surface area contributed by atoms with Gasteiger partial charge >= 0.3 is 6.03 Å². The minimum atomic E-state index is -0.996. The third kappa shape index (κ3) is 7.55. The highest BCUT2D eigenvalue weighted by Gasteiger charge is 2.17. The van der Waals surface area contributed by atoms with Gasteiger partial charge in [0, 0.05) is 66.8 Å². The Morgan fingerprint density at radius 3 is 2.40 bits per heavy atom. The second-order valence-electron chi connectivity index (χ2n) is 8.02. The van der Waals surface area contributed by atoms with Crippen molar-refractivity contribution < 1.29 is 9.00 Å². The van der Waals surface area contributed by atoms with E-state index in [9.17, 15) is 9.00 Å². The fourth-order valence-corrected chi connectivity index (χ4v) is 4.81. The smallest absolute Gasteiger partial charge is 0.319 e. The number of benzene rings is 2. The highest BCUT2D eigenvalue weighted by molar-refractivity contribution is 7.83. The Labute approximate surface area is 182 Å². The Kier molecular flexibility index (Phi) is 8.42. The van der Waals surface area contributed by atoms with E-state index >= 15 is 0 Å². The number of nitrogens with zero attached hydrogens (tertiary/aromatic N) is 2. The summed E-state index contributed by atoms with van der Waals surface area (Å²) in [6, 6.07) is 17.3. The number of carbonyl (C=O) groups excluding carboxylic acids is 1. The van der Waals surface area contributed by atoms with Crippen LogP contribution in [0.2, 0.25) is 0 Å². The van der Waals surface area contributed by atoms with Gasteiger partial charge in [-0.05, 0) is 37.2 Å². The second-order valence-corrected chi connectivity index (χ2v) is 9.47. The van der Waals surface area contributed by atoms with Gasteiger partial charge in [-0.25, -0.2) is 4.79 Å². The molecule has 0 aliphatic carbocycles. The van der Waals surface area contributed by atoms with Crippen molar-refractivity contribution in [2.45, 2.75) is 24.5 Å². The third-order valence-electron chi connectivity index (χ3n) is 5.19. The maximum absolute atomic E-state index is 12.5. The zero-order valence-electron chi connectivity index (χ0n) is 17.8. The van der Waals surface area contributed by atoms with Gasteiger partial charge in [0.1, 0.15) is 0 Å². The lowest BCUT2D eigenvalue weighted by atomic mass is 10.2. The van der Waals surface area contributed by atoms with Crippen molar-refractivity contribution in [1.29, 1.82) is 0 Å². The molecule has 162 valence electrons. The fourth-order valence-electron chi connectivity index (χ4n) is 3.59. The average Bonchev–Trinajstić information content (AvgIpc) is 2.70. The van der Waals surface area contributed by atoms with Gasteiger partial charge in [-0.3, -0.25) is 9.11 Å². The van der Waals surface area contributed by atoms with Crippen LogP contribution in [0.3, 0.4) is 0 Å². The van der Waals surface area contributed by atoms with E-state index in [0.29, 0.717) is 17.2 Å². The first-order valence-corrected chi connectivity index (χ1v) is 11.9. The maximum Gasteiger partial charge on any atom is 0.319 e.